The molecule has 0 saturated carbocycles. The minimum Gasteiger partial charge on any atom is -0.375 e. The molecule has 80 valence electrons. The summed E-state index contributed by atoms with van der Waals surface area (Å²) >= 11 is 0. The highest BCUT2D eigenvalue weighted by molar-refractivity contribution is 6.08. The minimum absolute atomic E-state index is 0.265. The highest BCUT2D eigenvalue weighted by Crippen LogP contribution is 2.08. The Bertz CT molecular complexity index is 377. The van der Waals surface area contributed by atoms with E-state index >= 15 is 0 Å². The van der Waals surface area contributed by atoms with Crippen molar-refractivity contribution in [1.82, 2.24) is 0 Å². The molecule has 2 amide bonds. The lowest BCUT2D eigenvalue weighted by molar-refractivity contribution is -0.136. The van der Waals surface area contributed by atoms with E-state index in [0.717, 1.165) is 12.1 Å². The molecule has 1 unspecified atom stereocenters. The van der Waals surface area contributed by atoms with Crippen molar-refractivity contribution in [3.63, 3.8) is 0 Å². The van der Waals surface area contributed by atoms with Crippen molar-refractivity contribution >= 4 is 17.5 Å². The van der Waals surface area contributed by atoms with E-state index in [-0.39, 0.29) is 5.69 Å². The number of nitrogens with one attached hydrogen (secondary N) is 1. The molecule has 0 aliphatic rings. The molecule has 5 nitrogen and oxygen atoms in total. The van der Waals surface area contributed by atoms with E-state index < -0.39 is 23.7 Å². The molecule has 6 heteroatoms. The van der Waals surface area contributed by atoms with Gasteiger partial charge in [-0.1, -0.05) is 0 Å². The lowest BCUT2D eigenvalue weighted by Crippen LogP contribution is -2.39. The molecule has 1 aromatic rings. The van der Waals surface area contributed by atoms with Gasteiger partial charge < -0.3 is 16.2 Å². The molecule has 0 bridgehead atoms. The summed E-state index contributed by atoms with van der Waals surface area (Å²) in [6.45, 7) is 0. The smallest absolute Gasteiger partial charge is 0.263 e. The average Bonchev–Trinajstić information content (AvgIpc) is 2.20. The molecule has 0 spiro atoms. The van der Waals surface area contributed by atoms with Gasteiger partial charge in [0.1, 0.15) is 5.82 Å². The van der Waals surface area contributed by atoms with Gasteiger partial charge in [0.05, 0.1) is 0 Å². The maximum absolute atomic E-state index is 12.5. The Morgan fingerprint density at radius 3 is 2.33 bits per heavy atom. The SMILES string of the molecule is NC(=O)C(O)C(=O)Nc1ccc(F)cc1. The fourth-order valence-electron chi connectivity index (χ4n) is 0.873. The Morgan fingerprint density at radius 2 is 1.87 bits per heavy atom. The zero-order valence-electron chi connectivity index (χ0n) is 7.61. The van der Waals surface area contributed by atoms with Gasteiger partial charge >= 0.3 is 0 Å². The molecule has 1 atom stereocenters. The quantitative estimate of drug-likeness (QED) is 0.596. The second-order valence-electron chi connectivity index (χ2n) is 2.80. The molecule has 0 heterocycles. The van der Waals surface area contributed by atoms with Crippen molar-refractivity contribution in [3.05, 3.63) is 30.1 Å². The van der Waals surface area contributed by atoms with Gasteiger partial charge in [-0.15, -0.1) is 0 Å². The number of anilines is 1. The van der Waals surface area contributed by atoms with E-state index in [1.807, 2.05) is 0 Å². The first-order chi connectivity index (χ1) is 7.00. The summed E-state index contributed by atoms with van der Waals surface area (Å²) in [7, 11) is 0. The lowest BCUT2D eigenvalue weighted by atomic mass is 10.2. The van der Waals surface area contributed by atoms with E-state index in [4.69, 9.17) is 10.8 Å². The maximum atomic E-state index is 12.5. The standard InChI is InChI=1S/C9H9FN2O3/c10-5-1-3-6(4-2-5)12-9(15)7(13)8(11)14/h1-4,7,13H,(H2,11,14)(H,12,15). The zero-order chi connectivity index (χ0) is 11.4. The molecular formula is C9H9FN2O3. The monoisotopic (exact) mass is 212 g/mol. The predicted molar refractivity (Wildman–Crippen MR) is 50.2 cm³/mol. The zero-order valence-corrected chi connectivity index (χ0v) is 7.61. The van der Waals surface area contributed by atoms with Gasteiger partial charge in [-0.25, -0.2) is 4.39 Å². The highest BCUT2D eigenvalue weighted by Gasteiger charge is 2.20. The molecule has 0 aromatic heterocycles. The first-order valence-electron chi connectivity index (χ1n) is 4.04. The second kappa shape index (κ2) is 4.52. The fourth-order valence-corrected chi connectivity index (χ4v) is 0.873. The number of aliphatic hydroxyl groups excluding tert-OH is 1. The number of benzene rings is 1. The van der Waals surface area contributed by atoms with Gasteiger partial charge in [0.2, 0.25) is 6.10 Å². The summed E-state index contributed by atoms with van der Waals surface area (Å²) in [5.74, 6) is -2.55. The van der Waals surface area contributed by atoms with Crippen LogP contribution in [0.2, 0.25) is 0 Å². The third-order valence-corrected chi connectivity index (χ3v) is 1.63. The van der Waals surface area contributed by atoms with Crippen molar-refractivity contribution in [2.45, 2.75) is 6.10 Å². The highest BCUT2D eigenvalue weighted by atomic mass is 19.1. The number of aliphatic hydroxyl groups is 1. The van der Waals surface area contributed by atoms with Crippen LogP contribution >= 0.6 is 0 Å². The molecule has 1 rings (SSSR count). The summed E-state index contributed by atoms with van der Waals surface area (Å²) in [5.41, 5.74) is 4.97. The molecule has 15 heavy (non-hydrogen) atoms. The van der Waals surface area contributed by atoms with Crippen molar-refractivity contribution in [3.8, 4) is 0 Å². The molecule has 0 saturated heterocycles. The summed E-state index contributed by atoms with van der Waals surface area (Å²) in [6.07, 6.45) is -1.91. The maximum Gasteiger partial charge on any atom is 0.263 e. The summed E-state index contributed by atoms with van der Waals surface area (Å²) < 4.78 is 12.5. The van der Waals surface area contributed by atoms with Crippen molar-refractivity contribution in [2.75, 3.05) is 5.32 Å². The number of carbonyl (C=O) groups excluding carboxylic acids is 2. The Labute approximate surface area is 84.7 Å². The van der Waals surface area contributed by atoms with E-state index in [1.54, 1.807) is 0 Å². The van der Waals surface area contributed by atoms with E-state index in [9.17, 15) is 14.0 Å². The minimum atomic E-state index is -1.91. The molecule has 1 aromatic carbocycles. The van der Waals surface area contributed by atoms with Crippen LogP contribution in [0.15, 0.2) is 24.3 Å². The van der Waals surface area contributed by atoms with Crippen LogP contribution in [0.3, 0.4) is 0 Å². The number of rotatable bonds is 3. The van der Waals surface area contributed by atoms with Crippen LogP contribution in [0.4, 0.5) is 10.1 Å². The first kappa shape index (κ1) is 11.1. The van der Waals surface area contributed by atoms with Crippen molar-refractivity contribution in [2.24, 2.45) is 5.73 Å². The number of carbonyl (C=O) groups is 2. The van der Waals surface area contributed by atoms with E-state index in [1.165, 1.54) is 12.1 Å². The van der Waals surface area contributed by atoms with Crippen LogP contribution in [0, 0.1) is 5.82 Å². The average molecular weight is 212 g/mol. The summed E-state index contributed by atoms with van der Waals surface area (Å²) in [4.78, 5) is 21.5. The van der Waals surface area contributed by atoms with Gasteiger partial charge in [0.25, 0.3) is 11.8 Å². The van der Waals surface area contributed by atoms with Gasteiger partial charge in [0, 0.05) is 5.69 Å². The van der Waals surface area contributed by atoms with Gasteiger partial charge in [-0.2, -0.15) is 0 Å². The topological polar surface area (TPSA) is 92.4 Å². The van der Waals surface area contributed by atoms with Crippen LogP contribution in [-0.4, -0.2) is 23.0 Å². The fraction of sp³-hybridized carbons (Fsp3) is 0.111. The molecule has 0 radical (unpaired) electrons. The van der Waals surface area contributed by atoms with Crippen LogP contribution in [0.5, 0.6) is 0 Å². The molecule has 0 aliphatic carbocycles. The summed E-state index contributed by atoms with van der Waals surface area (Å²) in [6, 6.07) is 4.85. The Kier molecular flexibility index (Phi) is 3.35. The van der Waals surface area contributed by atoms with E-state index in [2.05, 4.69) is 5.32 Å². The van der Waals surface area contributed by atoms with Gasteiger partial charge in [-0.3, -0.25) is 9.59 Å². The lowest BCUT2D eigenvalue weighted by Gasteiger charge is -2.07. The molecule has 0 aliphatic heterocycles. The number of nitrogens with two attached hydrogens (primary N) is 1. The Balaban J connectivity index is 2.66. The Morgan fingerprint density at radius 1 is 1.33 bits per heavy atom. The van der Waals surface area contributed by atoms with E-state index in [0.29, 0.717) is 0 Å². The second-order valence-corrected chi connectivity index (χ2v) is 2.80. The van der Waals surface area contributed by atoms with Crippen LogP contribution in [0.25, 0.3) is 0 Å². The summed E-state index contributed by atoms with van der Waals surface area (Å²) in [5, 5.41) is 11.1. The van der Waals surface area contributed by atoms with Gasteiger partial charge in [-0.05, 0) is 24.3 Å². The number of primary amides is 1. The number of halogens is 1. The third-order valence-electron chi connectivity index (χ3n) is 1.63. The van der Waals surface area contributed by atoms with Gasteiger partial charge in [0.15, 0.2) is 0 Å². The molecule has 4 N–H and O–H groups in total. The van der Waals surface area contributed by atoms with Crippen molar-refractivity contribution in [1.29, 1.82) is 0 Å². The first-order valence-corrected chi connectivity index (χ1v) is 4.04. The predicted octanol–water partition coefficient (Wildman–Crippen LogP) is -0.390. The van der Waals surface area contributed by atoms with Crippen molar-refractivity contribution < 1.29 is 19.1 Å². The molecule has 0 fully saturated rings. The van der Waals surface area contributed by atoms with Crippen LogP contribution < -0.4 is 11.1 Å². The number of hydrogen-bond donors (Lipinski definition) is 3. The molecular weight excluding hydrogens is 203 g/mol. The number of amides is 2. The third kappa shape index (κ3) is 3.03. The van der Waals surface area contributed by atoms with Crippen LogP contribution in [0.1, 0.15) is 0 Å². The Hall–Kier alpha value is -1.95. The van der Waals surface area contributed by atoms with Crippen LogP contribution in [-0.2, 0) is 9.59 Å². The normalized spacial score (nSPS) is 11.9. The largest absolute Gasteiger partial charge is 0.375 e. The number of hydrogen-bond acceptors (Lipinski definition) is 3.